The van der Waals surface area contributed by atoms with Crippen LogP contribution in [0, 0.1) is 0 Å². The van der Waals surface area contributed by atoms with Crippen LogP contribution in [-0.4, -0.2) is 38.3 Å². The molecule has 0 saturated carbocycles. The summed E-state index contributed by atoms with van der Waals surface area (Å²) in [7, 11) is -1.85. The van der Waals surface area contributed by atoms with Gasteiger partial charge in [0.1, 0.15) is 0 Å². The van der Waals surface area contributed by atoms with Crippen LogP contribution in [0.25, 0.3) is 0 Å². The second-order valence-corrected chi connectivity index (χ2v) is 5.26. The number of methoxy groups -OCH3 is 1. The van der Waals surface area contributed by atoms with Gasteiger partial charge >= 0.3 is 5.97 Å². The number of carbonyl (C=O) groups is 1. The van der Waals surface area contributed by atoms with Crippen molar-refractivity contribution in [3.05, 3.63) is 0 Å². The normalized spacial score (nSPS) is 11.2. The van der Waals surface area contributed by atoms with Crippen LogP contribution < -0.4 is 0 Å². The van der Waals surface area contributed by atoms with Crippen molar-refractivity contribution in [1.29, 1.82) is 0 Å². The fourth-order valence-corrected chi connectivity index (χ4v) is 2.96. The SMILES string of the molecule is COC(=O)CCS(=O)(=O)CCBr. The zero-order chi connectivity index (χ0) is 9.61. The van der Waals surface area contributed by atoms with Gasteiger partial charge in [0.25, 0.3) is 0 Å². The van der Waals surface area contributed by atoms with E-state index in [1.54, 1.807) is 0 Å². The molecule has 0 aromatic heterocycles. The largest absolute Gasteiger partial charge is 0.469 e. The lowest BCUT2D eigenvalue weighted by atomic mass is 10.5. The van der Waals surface area contributed by atoms with Crippen molar-refractivity contribution >= 4 is 31.7 Å². The molecule has 0 N–H and O–H groups in total. The number of ether oxygens (including phenoxy) is 1. The first-order valence-corrected chi connectivity index (χ1v) is 6.29. The highest BCUT2D eigenvalue weighted by molar-refractivity contribution is 9.09. The monoisotopic (exact) mass is 258 g/mol. The van der Waals surface area contributed by atoms with Crippen LogP contribution in [0.5, 0.6) is 0 Å². The summed E-state index contributed by atoms with van der Waals surface area (Å²) in [6.07, 6.45) is -0.0637. The van der Waals surface area contributed by atoms with E-state index in [0.717, 1.165) is 0 Å². The minimum atomic E-state index is -3.08. The van der Waals surface area contributed by atoms with Gasteiger partial charge in [0.15, 0.2) is 9.84 Å². The van der Waals surface area contributed by atoms with Crippen molar-refractivity contribution in [2.24, 2.45) is 0 Å². The summed E-state index contributed by atoms with van der Waals surface area (Å²) in [5.41, 5.74) is 0. The standard InChI is InChI=1S/C6H11BrO4S/c1-11-6(8)2-4-12(9,10)5-3-7/h2-5H2,1H3. The minimum Gasteiger partial charge on any atom is -0.469 e. The highest BCUT2D eigenvalue weighted by atomic mass is 79.9. The van der Waals surface area contributed by atoms with Gasteiger partial charge in [-0.25, -0.2) is 8.42 Å². The first kappa shape index (κ1) is 11.9. The van der Waals surface area contributed by atoms with Crippen molar-refractivity contribution in [2.45, 2.75) is 6.42 Å². The van der Waals surface area contributed by atoms with E-state index in [0.29, 0.717) is 5.33 Å². The smallest absolute Gasteiger partial charge is 0.306 e. The molecule has 0 aromatic rings. The number of hydrogen-bond acceptors (Lipinski definition) is 4. The Labute approximate surface area is 80.3 Å². The Kier molecular flexibility index (Phi) is 5.48. The van der Waals surface area contributed by atoms with Gasteiger partial charge in [0.2, 0.25) is 0 Å². The van der Waals surface area contributed by atoms with Crippen LogP contribution in [0.4, 0.5) is 0 Å². The van der Waals surface area contributed by atoms with E-state index >= 15 is 0 Å². The molecule has 0 aliphatic carbocycles. The first-order chi connectivity index (χ1) is 5.52. The number of esters is 1. The lowest BCUT2D eigenvalue weighted by Crippen LogP contribution is -2.15. The molecule has 0 spiro atoms. The third-order valence-electron chi connectivity index (χ3n) is 1.23. The number of hydrogen-bond donors (Lipinski definition) is 0. The fraction of sp³-hybridized carbons (Fsp3) is 0.833. The average Bonchev–Trinajstić information content (AvgIpc) is 2.00. The molecule has 0 atom stereocenters. The Morgan fingerprint density at radius 3 is 2.42 bits per heavy atom. The molecule has 4 nitrogen and oxygen atoms in total. The highest BCUT2D eigenvalue weighted by Gasteiger charge is 2.12. The zero-order valence-corrected chi connectivity index (χ0v) is 9.15. The second-order valence-electron chi connectivity index (χ2n) is 2.17. The molecule has 0 aliphatic heterocycles. The van der Waals surface area contributed by atoms with E-state index in [1.807, 2.05) is 0 Å². The zero-order valence-electron chi connectivity index (χ0n) is 6.75. The number of sulfone groups is 1. The topological polar surface area (TPSA) is 60.4 Å². The number of halogens is 1. The molecule has 6 heteroatoms. The lowest BCUT2D eigenvalue weighted by molar-refractivity contribution is -0.140. The van der Waals surface area contributed by atoms with E-state index in [2.05, 4.69) is 20.7 Å². The summed E-state index contributed by atoms with van der Waals surface area (Å²) in [4.78, 5) is 10.6. The van der Waals surface area contributed by atoms with Crippen molar-refractivity contribution in [3.8, 4) is 0 Å². The molecule has 0 radical (unpaired) electrons. The highest BCUT2D eigenvalue weighted by Crippen LogP contribution is 1.97. The first-order valence-electron chi connectivity index (χ1n) is 3.35. The maximum absolute atomic E-state index is 11.0. The molecule has 0 aromatic carbocycles. The summed E-state index contributed by atoms with van der Waals surface area (Å²) < 4.78 is 26.3. The molecular formula is C6H11BrO4S. The molecule has 0 unspecified atom stereocenters. The van der Waals surface area contributed by atoms with Gasteiger partial charge in [-0.1, -0.05) is 15.9 Å². The minimum absolute atomic E-state index is 0.0595. The van der Waals surface area contributed by atoms with E-state index in [1.165, 1.54) is 7.11 Å². The van der Waals surface area contributed by atoms with Gasteiger partial charge in [-0.2, -0.15) is 0 Å². The van der Waals surface area contributed by atoms with E-state index < -0.39 is 15.8 Å². The average molecular weight is 259 g/mol. The lowest BCUT2D eigenvalue weighted by Gasteiger charge is -2.00. The molecule has 0 fully saturated rings. The van der Waals surface area contributed by atoms with Crippen LogP contribution in [0.2, 0.25) is 0 Å². The molecule has 0 aliphatic rings. The van der Waals surface area contributed by atoms with Crippen LogP contribution >= 0.6 is 15.9 Å². The molecule has 0 saturated heterocycles. The van der Waals surface area contributed by atoms with E-state index in [4.69, 9.17) is 0 Å². The van der Waals surface area contributed by atoms with Crippen LogP contribution in [0.1, 0.15) is 6.42 Å². The Morgan fingerprint density at radius 2 is 2.00 bits per heavy atom. The second kappa shape index (κ2) is 5.53. The molecule has 72 valence electrons. The quantitative estimate of drug-likeness (QED) is 0.528. The predicted octanol–water partition coefficient (Wildman–Crippen LogP) is 0.359. The summed E-state index contributed by atoms with van der Waals surface area (Å²) >= 11 is 3.01. The van der Waals surface area contributed by atoms with Gasteiger partial charge in [0, 0.05) is 5.33 Å². The number of rotatable bonds is 5. The Balaban J connectivity index is 3.84. The van der Waals surface area contributed by atoms with Gasteiger partial charge in [0.05, 0.1) is 25.0 Å². The third-order valence-corrected chi connectivity index (χ3v) is 3.81. The van der Waals surface area contributed by atoms with E-state index in [-0.39, 0.29) is 17.9 Å². The predicted molar refractivity (Wildman–Crippen MR) is 49.1 cm³/mol. The fourth-order valence-electron chi connectivity index (χ4n) is 0.561. The Hall–Kier alpha value is -0.100. The van der Waals surface area contributed by atoms with Gasteiger partial charge in [-0.05, 0) is 0 Å². The third kappa shape index (κ3) is 5.54. The van der Waals surface area contributed by atoms with E-state index in [9.17, 15) is 13.2 Å². The summed E-state index contributed by atoms with van der Waals surface area (Å²) in [5, 5.41) is 0.399. The molecular weight excluding hydrogens is 248 g/mol. The molecule has 0 amide bonds. The molecule has 0 heterocycles. The van der Waals surface area contributed by atoms with Crippen molar-refractivity contribution in [1.82, 2.24) is 0 Å². The van der Waals surface area contributed by atoms with Gasteiger partial charge < -0.3 is 4.74 Å². The summed E-state index contributed by atoms with van der Waals surface area (Å²) in [5.74, 6) is -0.567. The van der Waals surface area contributed by atoms with Crippen LogP contribution in [0.15, 0.2) is 0 Å². The number of carbonyl (C=O) groups excluding carboxylic acids is 1. The maximum atomic E-state index is 11.0. The van der Waals surface area contributed by atoms with Crippen molar-refractivity contribution < 1.29 is 17.9 Å². The van der Waals surface area contributed by atoms with Crippen LogP contribution in [-0.2, 0) is 19.4 Å². The number of alkyl halides is 1. The molecule has 12 heavy (non-hydrogen) atoms. The van der Waals surface area contributed by atoms with Gasteiger partial charge in [-0.3, -0.25) is 4.79 Å². The van der Waals surface area contributed by atoms with Gasteiger partial charge in [-0.15, -0.1) is 0 Å². The Morgan fingerprint density at radius 1 is 1.42 bits per heavy atom. The maximum Gasteiger partial charge on any atom is 0.306 e. The van der Waals surface area contributed by atoms with Crippen molar-refractivity contribution in [3.63, 3.8) is 0 Å². The van der Waals surface area contributed by atoms with Crippen molar-refractivity contribution in [2.75, 3.05) is 23.9 Å². The molecule has 0 bridgehead atoms. The Bertz CT molecular complexity index is 234. The summed E-state index contributed by atoms with van der Waals surface area (Å²) in [6.45, 7) is 0. The summed E-state index contributed by atoms with van der Waals surface area (Å²) in [6, 6.07) is 0. The molecule has 0 rings (SSSR count). The van der Waals surface area contributed by atoms with Crippen LogP contribution in [0.3, 0.4) is 0 Å².